The van der Waals surface area contributed by atoms with Gasteiger partial charge in [0.1, 0.15) is 10.7 Å². The number of hydrogen-bond acceptors (Lipinski definition) is 4. The molecule has 0 unspecified atom stereocenters. The predicted octanol–water partition coefficient (Wildman–Crippen LogP) is 0.457. The molecule has 1 aromatic rings. The van der Waals surface area contributed by atoms with E-state index >= 15 is 0 Å². The maximum absolute atomic E-state index is 13.1. The molecule has 7 heteroatoms. The summed E-state index contributed by atoms with van der Waals surface area (Å²) in [6.07, 6.45) is 0.422. The average Bonchev–Trinajstić information content (AvgIpc) is 2.29. The lowest BCUT2D eigenvalue weighted by Gasteiger charge is -2.15. The third-order valence-corrected chi connectivity index (χ3v) is 3.92. The molecule has 0 aromatic heterocycles. The number of nitrogen functional groups attached to an aromatic ring is 1. The maximum atomic E-state index is 13.1. The number of rotatable bonds is 5. The number of hydrogen-bond donors (Lipinski definition) is 3. The van der Waals surface area contributed by atoms with Crippen molar-refractivity contribution < 1.29 is 17.9 Å². The summed E-state index contributed by atoms with van der Waals surface area (Å²) in [4.78, 5) is -0.315. The van der Waals surface area contributed by atoms with Crippen molar-refractivity contribution >= 4 is 15.7 Å². The lowest BCUT2D eigenvalue weighted by atomic mass is 10.3. The molecule has 0 fully saturated rings. The van der Waals surface area contributed by atoms with Crippen LogP contribution in [0.3, 0.4) is 0 Å². The molecule has 0 aliphatic rings. The monoisotopic (exact) mass is 262 g/mol. The summed E-state index contributed by atoms with van der Waals surface area (Å²) in [7, 11) is -3.91. The molecule has 0 amide bonds. The van der Waals surface area contributed by atoms with E-state index in [9.17, 15) is 12.8 Å². The summed E-state index contributed by atoms with van der Waals surface area (Å²) < 4.78 is 39.1. The molecular weight excluding hydrogens is 247 g/mol. The molecule has 0 aliphatic heterocycles. The first-order valence-corrected chi connectivity index (χ1v) is 6.57. The zero-order valence-electron chi connectivity index (χ0n) is 9.35. The number of anilines is 1. The van der Waals surface area contributed by atoms with E-state index in [0.29, 0.717) is 6.42 Å². The number of nitrogens with two attached hydrogens (primary N) is 1. The molecule has 0 aliphatic carbocycles. The van der Waals surface area contributed by atoms with Gasteiger partial charge in [0, 0.05) is 6.04 Å². The molecule has 0 saturated carbocycles. The molecule has 0 saturated heterocycles. The summed E-state index contributed by atoms with van der Waals surface area (Å²) in [5, 5.41) is 8.93. The van der Waals surface area contributed by atoms with Crippen LogP contribution in [0.4, 0.5) is 10.1 Å². The highest BCUT2D eigenvalue weighted by Gasteiger charge is 2.22. The smallest absolute Gasteiger partial charge is 0.243 e. The van der Waals surface area contributed by atoms with Gasteiger partial charge < -0.3 is 10.8 Å². The van der Waals surface area contributed by atoms with Gasteiger partial charge in [-0.25, -0.2) is 17.5 Å². The molecule has 1 aromatic carbocycles. The number of para-hydroxylation sites is 1. The SMILES string of the molecule is CC[C@H](CO)NS(=O)(=O)c1cccc(F)c1N. The molecule has 1 rings (SSSR count). The number of aliphatic hydroxyl groups is 1. The van der Waals surface area contributed by atoms with E-state index < -0.39 is 27.6 Å². The number of nitrogens with one attached hydrogen (secondary N) is 1. The van der Waals surface area contributed by atoms with Gasteiger partial charge in [-0.3, -0.25) is 0 Å². The van der Waals surface area contributed by atoms with E-state index in [1.807, 2.05) is 0 Å². The Morgan fingerprint density at radius 3 is 2.71 bits per heavy atom. The van der Waals surface area contributed by atoms with Gasteiger partial charge in [-0.1, -0.05) is 13.0 Å². The van der Waals surface area contributed by atoms with Crippen LogP contribution in [0.15, 0.2) is 23.1 Å². The van der Waals surface area contributed by atoms with Crippen molar-refractivity contribution in [3.05, 3.63) is 24.0 Å². The molecule has 0 heterocycles. The summed E-state index contributed by atoms with van der Waals surface area (Å²) in [6, 6.07) is 2.95. The van der Waals surface area contributed by atoms with Crippen molar-refractivity contribution in [1.82, 2.24) is 4.72 Å². The van der Waals surface area contributed by atoms with Gasteiger partial charge in [-0.05, 0) is 18.6 Å². The van der Waals surface area contributed by atoms with E-state index in [1.165, 1.54) is 12.1 Å². The highest BCUT2D eigenvalue weighted by atomic mass is 32.2. The Morgan fingerprint density at radius 2 is 2.18 bits per heavy atom. The van der Waals surface area contributed by atoms with Crippen molar-refractivity contribution in [2.24, 2.45) is 0 Å². The molecule has 0 spiro atoms. The normalized spacial score (nSPS) is 13.6. The van der Waals surface area contributed by atoms with Gasteiger partial charge in [-0.2, -0.15) is 0 Å². The van der Waals surface area contributed by atoms with Crippen LogP contribution in [0.2, 0.25) is 0 Å². The van der Waals surface area contributed by atoms with Gasteiger partial charge in [-0.15, -0.1) is 0 Å². The van der Waals surface area contributed by atoms with Crippen LogP contribution in [0.5, 0.6) is 0 Å². The number of halogens is 1. The van der Waals surface area contributed by atoms with Crippen LogP contribution in [0.1, 0.15) is 13.3 Å². The third kappa shape index (κ3) is 3.15. The van der Waals surface area contributed by atoms with E-state index in [2.05, 4.69) is 4.72 Å². The number of sulfonamides is 1. The Labute approximate surface area is 99.5 Å². The lowest BCUT2D eigenvalue weighted by Crippen LogP contribution is -2.37. The van der Waals surface area contributed by atoms with Gasteiger partial charge in [0.2, 0.25) is 10.0 Å². The average molecular weight is 262 g/mol. The quantitative estimate of drug-likeness (QED) is 0.672. The van der Waals surface area contributed by atoms with E-state index in [1.54, 1.807) is 6.92 Å². The zero-order valence-corrected chi connectivity index (χ0v) is 10.2. The van der Waals surface area contributed by atoms with E-state index in [0.717, 1.165) is 6.07 Å². The van der Waals surface area contributed by atoms with Gasteiger partial charge in [0.05, 0.1) is 12.3 Å². The number of aliphatic hydroxyl groups excluding tert-OH is 1. The number of benzene rings is 1. The maximum Gasteiger partial charge on any atom is 0.243 e. The van der Waals surface area contributed by atoms with Crippen molar-refractivity contribution in [3.8, 4) is 0 Å². The predicted molar refractivity (Wildman–Crippen MR) is 62.3 cm³/mol. The molecular formula is C10H15FN2O3S. The molecule has 5 nitrogen and oxygen atoms in total. The van der Waals surface area contributed by atoms with Gasteiger partial charge in [0.25, 0.3) is 0 Å². The van der Waals surface area contributed by atoms with Crippen molar-refractivity contribution in [2.45, 2.75) is 24.3 Å². The van der Waals surface area contributed by atoms with Crippen molar-refractivity contribution in [3.63, 3.8) is 0 Å². The second kappa shape index (κ2) is 5.44. The Hall–Kier alpha value is -1.18. The Balaban J connectivity index is 3.09. The minimum atomic E-state index is -3.91. The fourth-order valence-electron chi connectivity index (χ4n) is 1.28. The fraction of sp³-hybridized carbons (Fsp3) is 0.400. The molecule has 1 atom stereocenters. The van der Waals surface area contributed by atoms with E-state index in [4.69, 9.17) is 10.8 Å². The minimum absolute atomic E-state index is 0.315. The van der Waals surface area contributed by atoms with Crippen LogP contribution in [-0.4, -0.2) is 26.2 Å². The largest absolute Gasteiger partial charge is 0.395 e. The topological polar surface area (TPSA) is 92.4 Å². The van der Waals surface area contributed by atoms with Crippen LogP contribution in [-0.2, 0) is 10.0 Å². The first-order valence-electron chi connectivity index (χ1n) is 5.09. The van der Waals surface area contributed by atoms with Crippen LogP contribution in [0.25, 0.3) is 0 Å². The fourth-order valence-corrected chi connectivity index (χ4v) is 2.74. The standard InChI is InChI=1S/C10H15FN2O3S/c1-2-7(6-14)13-17(15,16)9-5-3-4-8(11)10(9)12/h3-5,7,13-14H,2,6,12H2,1H3/t7-/m1/s1. The Bertz CT molecular complexity index is 486. The van der Waals surface area contributed by atoms with Crippen molar-refractivity contribution in [1.29, 1.82) is 0 Å². The zero-order chi connectivity index (χ0) is 13.1. The molecule has 0 bridgehead atoms. The highest BCUT2D eigenvalue weighted by molar-refractivity contribution is 7.89. The second-order valence-corrected chi connectivity index (χ2v) is 5.24. The summed E-state index contributed by atoms with van der Waals surface area (Å²) in [6.45, 7) is 1.39. The minimum Gasteiger partial charge on any atom is -0.395 e. The molecule has 0 radical (unpaired) electrons. The van der Waals surface area contributed by atoms with Gasteiger partial charge in [0.15, 0.2) is 0 Å². The Kier molecular flexibility index (Phi) is 4.44. The summed E-state index contributed by atoms with van der Waals surface area (Å²) >= 11 is 0. The third-order valence-electron chi connectivity index (χ3n) is 2.34. The van der Waals surface area contributed by atoms with Crippen LogP contribution >= 0.6 is 0 Å². The first-order chi connectivity index (χ1) is 7.92. The summed E-state index contributed by atoms with van der Waals surface area (Å²) in [5.41, 5.74) is 4.95. The molecule has 17 heavy (non-hydrogen) atoms. The molecule has 96 valence electrons. The van der Waals surface area contributed by atoms with Crippen molar-refractivity contribution in [2.75, 3.05) is 12.3 Å². The van der Waals surface area contributed by atoms with Crippen LogP contribution < -0.4 is 10.5 Å². The Morgan fingerprint density at radius 1 is 1.53 bits per heavy atom. The van der Waals surface area contributed by atoms with Gasteiger partial charge >= 0.3 is 0 Å². The van der Waals surface area contributed by atoms with Crippen LogP contribution in [0, 0.1) is 5.82 Å². The highest BCUT2D eigenvalue weighted by Crippen LogP contribution is 2.21. The lowest BCUT2D eigenvalue weighted by molar-refractivity contribution is 0.254. The van der Waals surface area contributed by atoms with E-state index in [-0.39, 0.29) is 11.5 Å². The first kappa shape index (κ1) is 13.9. The second-order valence-electron chi connectivity index (χ2n) is 3.56. The summed E-state index contributed by atoms with van der Waals surface area (Å²) in [5.74, 6) is -0.787. The molecule has 4 N–H and O–H groups in total.